The summed E-state index contributed by atoms with van der Waals surface area (Å²) in [4.78, 5) is 12.2. The second kappa shape index (κ2) is 3.91. The monoisotopic (exact) mass is 290 g/mol. The van der Waals surface area contributed by atoms with Crippen molar-refractivity contribution in [3.63, 3.8) is 0 Å². The first-order chi connectivity index (χ1) is 8.25. The molecule has 0 radical (unpaired) electrons. The molecule has 0 atom stereocenters. The Hall–Kier alpha value is -1.77. The summed E-state index contributed by atoms with van der Waals surface area (Å²) in [6, 6.07) is 15.3. The standard InChI is InChI=1S/C13H10N2OSe/c14-9-6-7-12-11(8-9)13(16)15(17-12)10-4-2-1-3-5-10/h1-8H,14H2. The summed E-state index contributed by atoms with van der Waals surface area (Å²) in [5, 5.41) is 0.744. The van der Waals surface area contributed by atoms with Crippen molar-refractivity contribution >= 4 is 30.1 Å². The summed E-state index contributed by atoms with van der Waals surface area (Å²) in [5.74, 6) is 0. The van der Waals surface area contributed by atoms with E-state index in [0.717, 1.165) is 15.3 Å². The molecule has 3 nitrogen and oxygen atoms in total. The van der Waals surface area contributed by atoms with E-state index in [1.807, 2.05) is 46.0 Å². The zero-order valence-corrected chi connectivity index (χ0v) is 10.7. The average Bonchev–Trinajstić information content (AvgIpc) is 2.68. The van der Waals surface area contributed by atoms with E-state index in [1.165, 1.54) is 0 Å². The Labute approximate surface area is 104 Å². The van der Waals surface area contributed by atoms with Gasteiger partial charge in [0.2, 0.25) is 0 Å². The van der Waals surface area contributed by atoms with Crippen LogP contribution >= 0.6 is 0 Å². The van der Waals surface area contributed by atoms with E-state index in [-0.39, 0.29) is 20.3 Å². The molecule has 3 aromatic rings. The number of fused-ring (bicyclic) bond motifs is 1. The van der Waals surface area contributed by atoms with E-state index in [1.54, 1.807) is 6.07 Å². The maximum absolute atomic E-state index is 12.2. The molecule has 3 rings (SSSR count). The summed E-state index contributed by atoms with van der Waals surface area (Å²) in [6.07, 6.45) is 0. The van der Waals surface area contributed by atoms with Gasteiger partial charge in [0, 0.05) is 0 Å². The second-order valence-corrected chi connectivity index (χ2v) is 5.85. The van der Waals surface area contributed by atoms with Crippen LogP contribution in [0.5, 0.6) is 0 Å². The van der Waals surface area contributed by atoms with Gasteiger partial charge in [0.05, 0.1) is 0 Å². The van der Waals surface area contributed by atoms with Gasteiger partial charge in [0.15, 0.2) is 0 Å². The number of nitrogens with two attached hydrogens (primary N) is 1. The molecule has 0 aliphatic heterocycles. The SMILES string of the molecule is Nc1ccc2[se]n(-c3ccccc3)c(=O)c2c1. The van der Waals surface area contributed by atoms with Crippen LogP contribution in [0.1, 0.15) is 0 Å². The van der Waals surface area contributed by atoms with Crippen LogP contribution < -0.4 is 11.3 Å². The van der Waals surface area contributed by atoms with Crippen LogP contribution in [0.15, 0.2) is 53.3 Å². The molecule has 0 amide bonds. The molecule has 0 saturated carbocycles. The van der Waals surface area contributed by atoms with Crippen LogP contribution in [0, 0.1) is 0 Å². The van der Waals surface area contributed by atoms with Gasteiger partial charge in [-0.1, -0.05) is 0 Å². The third-order valence-corrected chi connectivity index (χ3v) is 4.93. The molecule has 2 aromatic carbocycles. The van der Waals surface area contributed by atoms with Gasteiger partial charge in [0.1, 0.15) is 0 Å². The summed E-state index contributed by atoms with van der Waals surface area (Å²) in [6.45, 7) is 0. The van der Waals surface area contributed by atoms with Crippen molar-refractivity contribution in [2.45, 2.75) is 0 Å². The van der Waals surface area contributed by atoms with Crippen LogP contribution in [0.25, 0.3) is 15.3 Å². The Balaban J connectivity index is 2.33. The van der Waals surface area contributed by atoms with E-state index >= 15 is 0 Å². The predicted octanol–water partition coefficient (Wildman–Crippen LogP) is 1.63. The number of hydrogen-bond acceptors (Lipinski definition) is 2. The molecule has 4 heteroatoms. The molecule has 0 saturated heterocycles. The number of rotatable bonds is 1. The van der Waals surface area contributed by atoms with Gasteiger partial charge in [-0.3, -0.25) is 0 Å². The molecule has 0 aliphatic carbocycles. The number of nitrogens with zero attached hydrogens (tertiary/aromatic N) is 1. The van der Waals surface area contributed by atoms with Gasteiger partial charge < -0.3 is 0 Å². The summed E-state index contributed by atoms with van der Waals surface area (Å²) < 4.78 is 2.93. The molecule has 2 N–H and O–H groups in total. The van der Waals surface area contributed by atoms with Crippen molar-refractivity contribution in [2.24, 2.45) is 0 Å². The van der Waals surface area contributed by atoms with Gasteiger partial charge in [-0.15, -0.1) is 0 Å². The van der Waals surface area contributed by atoms with Gasteiger partial charge in [-0.2, -0.15) is 0 Å². The van der Waals surface area contributed by atoms with Crippen LogP contribution in [0.4, 0.5) is 5.69 Å². The van der Waals surface area contributed by atoms with Gasteiger partial charge >= 0.3 is 104 Å². The minimum atomic E-state index is 0.0153. The van der Waals surface area contributed by atoms with Crippen LogP contribution in [0.2, 0.25) is 0 Å². The number of aromatic nitrogens is 1. The van der Waals surface area contributed by atoms with E-state index < -0.39 is 0 Å². The molecular formula is C13H10N2OSe. The summed E-state index contributed by atoms with van der Waals surface area (Å²) >= 11 is 0.0153. The van der Waals surface area contributed by atoms with E-state index in [9.17, 15) is 4.79 Å². The third-order valence-electron chi connectivity index (χ3n) is 2.60. The quantitative estimate of drug-likeness (QED) is 0.547. The summed E-state index contributed by atoms with van der Waals surface area (Å²) in [7, 11) is 0. The fraction of sp³-hybridized carbons (Fsp3) is 0. The number of benzene rings is 2. The molecule has 0 aliphatic rings. The fourth-order valence-corrected chi connectivity index (χ4v) is 3.83. The van der Waals surface area contributed by atoms with Crippen LogP contribution in [-0.2, 0) is 0 Å². The molecule has 1 heterocycles. The third kappa shape index (κ3) is 1.71. The number of para-hydroxylation sites is 1. The van der Waals surface area contributed by atoms with Crippen molar-refractivity contribution in [1.29, 1.82) is 0 Å². The topological polar surface area (TPSA) is 48.0 Å². The first kappa shape index (κ1) is 10.4. The Morgan fingerprint density at radius 3 is 2.59 bits per heavy atom. The Morgan fingerprint density at radius 2 is 1.82 bits per heavy atom. The van der Waals surface area contributed by atoms with Gasteiger partial charge in [-0.05, 0) is 0 Å². The van der Waals surface area contributed by atoms with Crippen molar-refractivity contribution in [3.05, 3.63) is 58.9 Å². The van der Waals surface area contributed by atoms with Crippen molar-refractivity contribution in [3.8, 4) is 5.69 Å². The molecule has 0 fully saturated rings. The maximum atomic E-state index is 12.2. The molecule has 0 spiro atoms. The van der Waals surface area contributed by atoms with Gasteiger partial charge in [0.25, 0.3) is 0 Å². The normalized spacial score (nSPS) is 10.8. The van der Waals surface area contributed by atoms with Crippen LogP contribution in [0.3, 0.4) is 0 Å². The Morgan fingerprint density at radius 1 is 1.06 bits per heavy atom. The predicted molar refractivity (Wildman–Crippen MR) is 70.9 cm³/mol. The van der Waals surface area contributed by atoms with Crippen molar-refractivity contribution in [2.75, 3.05) is 5.73 Å². The summed E-state index contributed by atoms with van der Waals surface area (Å²) in [5.41, 5.74) is 7.36. The Kier molecular flexibility index (Phi) is 2.39. The number of hydrogen-bond donors (Lipinski definition) is 1. The van der Waals surface area contributed by atoms with Crippen molar-refractivity contribution in [1.82, 2.24) is 3.56 Å². The first-order valence-corrected chi connectivity index (χ1v) is 6.85. The Bertz CT molecular complexity index is 728. The zero-order chi connectivity index (χ0) is 11.8. The van der Waals surface area contributed by atoms with Gasteiger partial charge in [-0.25, -0.2) is 0 Å². The first-order valence-electron chi connectivity index (χ1n) is 5.23. The molecule has 1 aromatic heterocycles. The molecule has 17 heavy (non-hydrogen) atoms. The van der Waals surface area contributed by atoms with E-state index in [2.05, 4.69) is 0 Å². The molecule has 0 bridgehead atoms. The van der Waals surface area contributed by atoms with Crippen LogP contribution in [-0.4, -0.2) is 18.3 Å². The fourth-order valence-electron chi connectivity index (χ4n) is 1.78. The second-order valence-electron chi connectivity index (χ2n) is 3.78. The molecular weight excluding hydrogens is 279 g/mol. The zero-order valence-electron chi connectivity index (χ0n) is 8.96. The number of nitrogen functional groups attached to an aromatic ring is 1. The van der Waals surface area contributed by atoms with E-state index in [0.29, 0.717) is 5.69 Å². The molecule has 84 valence electrons. The minimum absolute atomic E-state index is 0.0153. The average molecular weight is 289 g/mol. The van der Waals surface area contributed by atoms with Crippen molar-refractivity contribution < 1.29 is 0 Å². The number of anilines is 1. The molecule has 0 unspecified atom stereocenters. The van der Waals surface area contributed by atoms with E-state index in [4.69, 9.17) is 5.73 Å².